The van der Waals surface area contributed by atoms with Crippen molar-refractivity contribution in [2.75, 3.05) is 6.61 Å². The maximum absolute atomic E-state index is 11.6. The largest absolute Gasteiger partial charge is 0.465 e. The molecule has 0 aromatic carbocycles. The summed E-state index contributed by atoms with van der Waals surface area (Å²) in [4.78, 5) is 11.6. The monoisotopic (exact) mass is 286 g/mol. The minimum atomic E-state index is -0.571. The Bertz CT molecular complexity index is 237. The third-order valence-corrected chi connectivity index (χ3v) is 2.83. The average Bonchev–Trinajstić information content (AvgIpc) is 2.22. The zero-order valence-corrected chi connectivity index (χ0v) is 11.8. The van der Waals surface area contributed by atoms with Gasteiger partial charge in [-0.15, -0.1) is 11.6 Å². The molecule has 0 heterocycles. The minimum Gasteiger partial charge on any atom is -0.465 e. The van der Waals surface area contributed by atoms with E-state index in [0.717, 1.165) is 19.3 Å². The van der Waals surface area contributed by atoms with Gasteiger partial charge in [0.25, 0.3) is 0 Å². The Morgan fingerprint density at radius 1 is 1.38 bits per heavy atom. The molecule has 5 heteroatoms. The van der Waals surface area contributed by atoms with E-state index in [4.69, 9.17) is 39.5 Å². The van der Waals surface area contributed by atoms with E-state index in [1.165, 1.54) is 6.08 Å². The lowest BCUT2D eigenvalue weighted by atomic mass is 10.0. The molecule has 16 heavy (non-hydrogen) atoms. The smallest absolute Gasteiger partial charge is 0.314 e. The summed E-state index contributed by atoms with van der Waals surface area (Å²) in [5, 5.41) is -0.327. The van der Waals surface area contributed by atoms with Crippen LogP contribution in [0, 0.1) is 5.92 Å². The highest BCUT2D eigenvalue weighted by molar-refractivity contribution is 6.56. The predicted molar refractivity (Wildman–Crippen MR) is 69.1 cm³/mol. The molecule has 2 atom stereocenters. The van der Waals surface area contributed by atoms with Gasteiger partial charge in [-0.1, -0.05) is 43.0 Å². The van der Waals surface area contributed by atoms with Crippen LogP contribution in [0.1, 0.15) is 33.1 Å². The second-order valence-corrected chi connectivity index (χ2v) is 4.96. The van der Waals surface area contributed by atoms with Gasteiger partial charge < -0.3 is 4.74 Å². The second kappa shape index (κ2) is 9.15. The van der Waals surface area contributed by atoms with Gasteiger partial charge in [0.2, 0.25) is 0 Å². The van der Waals surface area contributed by atoms with Gasteiger partial charge in [0.05, 0.1) is 17.9 Å². The van der Waals surface area contributed by atoms with Gasteiger partial charge in [0.1, 0.15) is 4.49 Å². The van der Waals surface area contributed by atoms with Crippen LogP contribution in [-0.4, -0.2) is 18.0 Å². The lowest BCUT2D eigenvalue weighted by molar-refractivity contribution is -0.146. The Labute approximate surface area is 112 Å². The van der Waals surface area contributed by atoms with Crippen LogP contribution in [0.25, 0.3) is 0 Å². The number of alkyl halides is 1. The van der Waals surface area contributed by atoms with Gasteiger partial charge in [0.15, 0.2) is 0 Å². The van der Waals surface area contributed by atoms with Crippen LogP contribution in [0.3, 0.4) is 0 Å². The van der Waals surface area contributed by atoms with Crippen molar-refractivity contribution in [3.05, 3.63) is 10.6 Å². The van der Waals surface area contributed by atoms with E-state index in [-0.39, 0.29) is 15.8 Å². The van der Waals surface area contributed by atoms with Gasteiger partial charge in [0, 0.05) is 0 Å². The molecule has 0 aliphatic rings. The molecule has 94 valence electrons. The number of hydrogen-bond acceptors (Lipinski definition) is 2. The summed E-state index contributed by atoms with van der Waals surface area (Å²) in [5.74, 6) is -0.949. The number of hydrogen-bond donors (Lipinski definition) is 0. The van der Waals surface area contributed by atoms with Crippen LogP contribution in [0.15, 0.2) is 10.6 Å². The maximum Gasteiger partial charge on any atom is 0.314 e. The Balaban J connectivity index is 4.53. The van der Waals surface area contributed by atoms with Crippen molar-refractivity contribution in [3.8, 4) is 0 Å². The molecule has 0 bridgehead atoms. The molecular formula is C11H17Cl3O2. The topological polar surface area (TPSA) is 26.3 Å². The van der Waals surface area contributed by atoms with Crippen LogP contribution in [0.2, 0.25) is 0 Å². The van der Waals surface area contributed by atoms with Crippen LogP contribution >= 0.6 is 34.8 Å². The Morgan fingerprint density at radius 3 is 2.44 bits per heavy atom. The van der Waals surface area contributed by atoms with Crippen molar-refractivity contribution >= 4 is 40.8 Å². The standard InChI is InChI=1S/C11H17Cl3O2/c1-3-5-6-9(12)8(7-10(13)14)11(15)16-4-2/h7-9H,3-6H2,1-2H3/t8-,9-/m0/s1. The summed E-state index contributed by atoms with van der Waals surface area (Å²) >= 11 is 17.2. The number of rotatable bonds is 7. The van der Waals surface area contributed by atoms with E-state index in [0.29, 0.717) is 6.61 Å². The fourth-order valence-corrected chi connectivity index (χ4v) is 1.87. The molecule has 0 aliphatic carbocycles. The highest BCUT2D eigenvalue weighted by Gasteiger charge is 2.26. The fourth-order valence-electron chi connectivity index (χ4n) is 1.27. The first-order chi connectivity index (χ1) is 7.52. The molecule has 0 rings (SSSR count). The third-order valence-electron chi connectivity index (χ3n) is 2.09. The molecule has 0 saturated heterocycles. The first-order valence-electron chi connectivity index (χ1n) is 5.36. The van der Waals surface area contributed by atoms with Crippen LogP contribution in [0.4, 0.5) is 0 Å². The van der Waals surface area contributed by atoms with Crippen LogP contribution in [0.5, 0.6) is 0 Å². The first kappa shape index (κ1) is 16.1. The van der Waals surface area contributed by atoms with Crippen LogP contribution < -0.4 is 0 Å². The molecule has 0 radical (unpaired) electrons. The lowest BCUT2D eigenvalue weighted by Gasteiger charge is -2.17. The summed E-state index contributed by atoms with van der Waals surface area (Å²) in [7, 11) is 0. The maximum atomic E-state index is 11.6. The number of unbranched alkanes of at least 4 members (excludes halogenated alkanes) is 1. The Morgan fingerprint density at radius 2 is 2.00 bits per heavy atom. The number of carbonyl (C=O) groups is 1. The Kier molecular flexibility index (Phi) is 9.19. The quantitative estimate of drug-likeness (QED) is 0.516. The van der Waals surface area contributed by atoms with Gasteiger partial charge in [-0.05, 0) is 19.4 Å². The molecule has 0 aromatic rings. The summed E-state index contributed by atoms with van der Waals surface area (Å²) in [6.07, 6.45) is 4.16. The summed E-state index contributed by atoms with van der Waals surface area (Å²) in [6.45, 7) is 4.13. The summed E-state index contributed by atoms with van der Waals surface area (Å²) < 4.78 is 4.96. The highest BCUT2D eigenvalue weighted by atomic mass is 35.5. The van der Waals surface area contributed by atoms with Gasteiger partial charge in [-0.3, -0.25) is 4.79 Å². The van der Waals surface area contributed by atoms with Crippen molar-refractivity contribution in [3.63, 3.8) is 0 Å². The van der Waals surface area contributed by atoms with E-state index in [2.05, 4.69) is 6.92 Å². The molecule has 0 fully saturated rings. The minimum absolute atomic E-state index is 0.0419. The number of ether oxygens (including phenoxy) is 1. The first-order valence-corrected chi connectivity index (χ1v) is 6.55. The molecule has 0 aliphatic heterocycles. The molecule has 0 spiro atoms. The fraction of sp³-hybridized carbons (Fsp3) is 0.727. The normalized spacial score (nSPS) is 14.1. The van der Waals surface area contributed by atoms with Crippen molar-refractivity contribution in [2.45, 2.75) is 38.5 Å². The van der Waals surface area contributed by atoms with Gasteiger partial charge in [-0.25, -0.2) is 0 Å². The van der Waals surface area contributed by atoms with Crippen molar-refractivity contribution in [2.24, 2.45) is 5.92 Å². The van der Waals surface area contributed by atoms with E-state index < -0.39 is 5.92 Å². The average molecular weight is 288 g/mol. The number of halogens is 3. The molecular weight excluding hydrogens is 270 g/mol. The van der Waals surface area contributed by atoms with E-state index >= 15 is 0 Å². The van der Waals surface area contributed by atoms with Gasteiger partial charge in [-0.2, -0.15) is 0 Å². The Hall–Kier alpha value is 0.0800. The van der Waals surface area contributed by atoms with E-state index in [9.17, 15) is 4.79 Å². The van der Waals surface area contributed by atoms with Crippen molar-refractivity contribution in [1.29, 1.82) is 0 Å². The molecule has 0 unspecified atom stereocenters. The van der Waals surface area contributed by atoms with Gasteiger partial charge >= 0.3 is 5.97 Å². The predicted octanol–water partition coefficient (Wildman–Crippen LogP) is 4.28. The summed E-state index contributed by atoms with van der Waals surface area (Å²) in [6, 6.07) is 0. The number of esters is 1. The van der Waals surface area contributed by atoms with Crippen LogP contribution in [-0.2, 0) is 9.53 Å². The second-order valence-electron chi connectivity index (χ2n) is 3.39. The third kappa shape index (κ3) is 6.62. The molecule has 0 amide bonds. The SMILES string of the molecule is CCCC[C@H](Cl)[C@H](C=C(Cl)Cl)C(=O)OCC. The molecule has 0 N–H and O–H groups in total. The molecule has 2 nitrogen and oxygen atoms in total. The van der Waals surface area contributed by atoms with E-state index in [1.807, 2.05) is 0 Å². The molecule has 0 saturated carbocycles. The molecule has 0 aromatic heterocycles. The zero-order valence-electron chi connectivity index (χ0n) is 9.51. The van der Waals surface area contributed by atoms with E-state index in [1.54, 1.807) is 6.92 Å². The highest BCUT2D eigenvalue weighted by Crippen LogP contribution is 2.23. The lowest BCUT2D eigenvalue weighted by Crippen LogP contribution is -2.25. The summed E-state index contributed by atoms with van der Waals surface area (Å²) in [5.41, 5.74) is 0. The zero-order chi connectivity index (χ0) is 12.6. The number of carbonyl (C=O) groups excluding carboxylic acids is 1. The van der Waals surface area contributed by atoms with Crippen molar-refractivity contribution < 1.29 is 9.53 Å². The van der Waals surface area contributed by atoms with Crippen molar-refractivity contribution in [1.82, 2.24) is 0 Å².